The lowest BCUT2D eigenvalue weighted by atomic mass is 9.87. The van der Waals surface area contributed by atoms with Crippen molar-refractivity contribution in [2.75, 3.05) is 13.1 Å². The van der Waals surface area contributed by atoms with Gasteiger partial charge >= 0.3 is 0 Å². The number of fused-ring (bicyclic) bond motifs is 2. The van der Waals surface area contributed by atoms with Gasteiger partial charge in [0.1, 0.15) is 11.5 Å². The molecule has 3 aromatic carbocycles. The summed E-state index contributed by atoms with van der Waals surface area (Å²) in [5.74, 6) is 0.762. The largest absolute Gasteiger partial charge is 0.457 e. The average Bonchev–Trinajstić information content (AvgIpc) is 3.29. The molecular weight excluding hydrogens is 398 g/mol. The quantitative estimate of drug-likeness (QED) is 0.644. The molecule has 5 rings (SSSR count). The Morgan fingerprint density at radius 2 is 1.40 bits per heavy atom. The van der Waals surface area contributed by atoms with Gasteiger partial charge in [0.25, 0.3) is 0 Å². The third-order valence-corrected chi connectivity index (χ3v) is 8.09. The molecule has 5 nitrogen and oxygen atoms in total. The van der Waals surface area contributed by atoms with Gasteiger partial charge in [-0.1, -0.05) is 54.6 Å². The van der Waals surface area contributed by atoms with Gasteiger partial charge in [-0.3, -0.25) is 4.79 Å². The molecular formula is C24H21NO4S. The van der Waals surface area contributed by atoms with Crippen molar-refractivity contribution in [3.63, 3.8) is 0 Å². The van der Waals surface area contributed by atoms with Crippen molar-refractivity contribution in [1.82, 2.24) is 4.90 Å². The normalized spacial score (nSPS) is 18.4. The molecule has 0 saturated carbocycles. The Bertz CT molecular complexity index is 1160. The number of benzene rings is 3. The summed E-state index contributed by atoms with van der Waals surface area (Å²) in [4.78, 5) is 15.6. The Labute approximate surface area is 175 Å². The maximum absolute atomic E-state index is 13.6. The van der Waals surface area contributed by atoms with Crippen LogP contribution < -0.4 is 4.74 Å². The van der Waals surface area contributed by atoms with E-state index >= 15 is 0 Å². The first-order valence-electron chi connectivity index (χ1n) is 9.99. The number of ether oxygens (including phenoxy) is 1. The molecule has 30 heavy (non-hydrogen) atoms. The summed E-state index contributed by atoms with van der Waals surface area (Å²) in [5.41, 5.74) is 1.63. The molecule has 6 heteroatoms. The summed E-state index contributed by atoms with van der Waals surface area (Å²) >= 11 is 0. The number of para-hydroxylation sites is 2. The molecule has 0 aromatic heterocycles. The highest BCUT2D eigenvalue weighted by Gasteiger charge is 2.41. The lowest BCUT2D eigenvalue weighted by molar-refractivity contribution is -0.130. The lowest BCUT2D eigenvalue weighted by Gasteiger charge is -2.30. The van der Waals surface area contributed by atoms with Crippen molar-refractivity contribution in [3.8, 4) is 11.5 Å². The second kappa shape index (κ2) is 7.29. The highest BCUT2D eigenvalue weighted by Crippen LogP contribution is 2.45. The zero-order valence-electron chi connectivity index (χ0n) is 16.3. The van der Waals surface area contributed by atoms with Gasteiger partial charge in [0, 0.05) is 24.2 Å². The highest BCUT2D eigenvalue weighted by atomic mass is 32.2. The van der Waals surface area contributed by atoms with E-state index in [1.807, 2.05) is 48.5 Å². The van der Waals surface area contributed by atoms with Crippen molar-refractivity contribution in [2.45, 2.75) is 22.5 Å². The molecule has 0 aliphatic carbocycles. The van der Waals surface area contributed by atoms with Gasteiger partial charge in [-0.2, -0.15) is 0 Å². The van der Waals surface area contributed by atoms with Crippen LogP contribution in [0.5, 0.6) is 11.5 Å². The number of amides is 1. The Kier molecular flexibility index (Phi) is 4.59. The molecule has 152 valence electrons. The minimum atomic E-state index is -3.48. The number of carbonyl (C=O) groups is 1. The average molecular weight is 420 g/mol. The van der Waals surface area contributed by atoms with Crippen molar-refractivity contribution < 1.29 is 17.9 Å². The summed E-state index contributed by atoms with van der Waals surface area (Å²) in [6.07, 6.45) is 0.440. The fraction of sp³-hybridized carbons (Fsp3) is 0.208. The van der Waals surface area contributed by atoms with E-state index in [9.17, 15) is 13.2 Å². The highest BCUT2D eigenvalue weighted by molar-refractivity contribution is 7.92. The maximum Gasteiger partial charge on any atom is 0.234 e. The minimum Gasteiger partial charge on any atom is -0.457 e. The fourth-order valence-electron chi connectivity index (χ4n) is 4.34. The molecule has 0 spiro atoms. The minimum absolute atomic E-state index is 0.0797. The number of sulfone groups is 1. The second-order valence-electron chi connectivity index (χ2n) is 7.66. The van der Waals surface area contributed by atoms with Gasteiger partial charge in [-0.05, 0) is 30.7 Å². The van der Waals surface area contributed by atoms with Crippen molar-refractivity contribution in [1.29, 1.82) is 0 Å². The lowest BCUT2D eigenvalue weighted by Crippen LogP contribution is -2.36. The standard InChI is InChI=1S/C24H21NO4S/c26-24(25-15-14-18(16-25)30(27,28)17-8-2-1-3-9-17)23-19-10-4-6-12-21(19)29-22-13-7-5-11-20(22)23/h1-13,18,23H,14-16H2/t18-/m0/s1. The summed E-state index contributed by atoms with van der Waals surface area (Å²) in [7, 11) is -3.48. The van der Waals surface area contributed by atoms with Gasteiger partial charge < -0.3 is 9.64 Å². The smallest absolute Gasteiger partial charge is 0.234 e. The van der Waals surface area contributed by atoms with E-state index in [4.69, 9.17) is 4.74 Å². The maximum atomic E-state index is 13.6. The number of hydrogen-bond acceptors (Lipinski definition) is 4. The van der Waals surface area contributed by atoms with Crippen LogP contribution in [0.25, 0.3) is 0 Å². The molecule has 1 atom stereocenters. The first kappa shape index (κ1) is 18.9. The molecule has 3 aromatic rings. The van der Waals surface area contributed by atoms with Crippen molar-refractivity contribution in [3.05, 3.63) is 90.0 Å². The number of likely N-dealkylation sites (tertiary alicyclic amines) is 1. The van der Waals surface area contributed by atoms with E-state index in [1.165, 1.54) is 0 Å². The summed E-state index contributed by atoms with van der Waals surface area (Å²) in [6, 6.07) is 23.5. The van der Waals surface area contributed by atoms with Crippen LogP contribution in [-0.4, -0.2) is 37.6 Å². The van der Waals surface area contributed by atoms with E-state index in [0.717, 1.165) is 11.1 Å². The summed E-state index contributed by atoms with van der Waals surface area (Å²) in [6.45, 7) is 0.634. The first-order chi connectivity index (χ1) is 14.6. The van der Waals surface area contributed by atoms with E-state index < -0.39 is 21.0 Å². The molecule has 0 radical (unpaired) electrons. The molecule has 2 aliphatic heterocycles. The topological polar surface area (TPSA) is 63.7 Å². The number of rotatable bonds is 3. The van der Waals surface area contributed by atoms with Crippen molar-refractivity contribution in [2.24, 2.45) is 0 Å². The van der Waals surface area contributed by atoms with Gasteiger partial charge in [-0.25, -0.2) is 8.42 Å². The molecule has 0 N–H and O–H groups in total. The predicted octanol–water partition coefficient (Wildman–Crippen LogP) is 4.00. The monoisotopic (exact) mass is 419 g/mol. The van der Waals surface area contributed by atoms with Crippen LogP contribution in [-0.2, 0) is 14.6 Å². The summed E-state index contributed by atoms with van der Waals surface area (Å²) < 4.78 is 32.0. The Morgan fingerprint density at radius 3 is 2.03 bits per heavy atom. The van der Waals surface area contributed by atoms with Crippen LogP contribution in [0.3, 0.4) is 0 Å². The number of hydrogen-bond donors (Lipinski definition) is 0. The third-order valence-electron chi connectivity index (χ3n) is 5.89. The van der Waals surface area contributed by atoms with Crippen LogP contribution in [0.15, 0.2) is 83.8 Å². The first-order valence-corrected chi connectivity index (χ1v) is 11.5. The Morgan fingerprint density at radius 1 is 0.833 bits per heavy atom. The van der Waals surface area contributed by atoms with Crippen LogP contribution in [0.2, 0.25) is 0 Å². The molecule has 1 fully saturated rings. The molecule has 1 amide bonds. The number of carbonyl (C=O) groups excluding carboxylic acids is 1. The second-order valence-corrected chi connectivity index (χ2v) is 9.89. The number of nitrogens with zero attached hydrogens (tertiary/aromatic N) is 1. The molecule has 2 heterocycles. The fourth-order valence-corrected chi connectivity index (χ4v) is 6.06. The van der Waals surface area contributed by atoms with E-state index in [1.54, 1.807) is 35.2 Å². The Balaban J connectivity index is 1.45. The van der Waals surface area contributed by atoms with Gasteiger partial charge in [-0.15, -0.1) is 0 Å². The van der Waals surface area contributed by atoms with Gasteiger partial charge in [0.2, 0.25) is 5.91 Å². The van der Waals surface area contributed by atoms with Crippen molar-refractivity contribution >= 4 is 15.7 Å². The van der Waals surface area contributed by atoms with E-state index in [2.05, 4.69) is 0 Å². The van der Waals surface area contributed by atoms with Crippen LogP contribution in [0.1, 0.15) is 23.5 Å². The van der Waals surface area contributed by atoms with E-state index in [0.29, 0.717) is 29.4 Å². The van der Waals surface area contributed by atoms with Crippen LogP contribution in [0, 0.1) is 0 Å². The third kappa shape index (κ3) is 3.08. The van der Waals surface area contributed by atoms with Crippen LogP contribution >= 0.6 is 0 Å². The molecule has 0 unspecified atom stereocenters. The molecule has 2 aliphatic rings. The summed E-state index contributed by atoms with van der Waals surface area (Å²) in [5, 5.41) is -0.589. The zero-order valence-corrected chi connectivity index (χ0v) is 17.1. The predicted molar refractivity (Wildman–Crippen MR) is 113 cm³/mol. The Hall–Kier alpha value is -3.12. The molecule has 0 bridgehead atoms. The van der Waals surface area contributed by atoms with Crippen LogP contribution in [0.4, 0.5) is 0 Å². The van der Waals surface area contributed by atoms with Gasteiger partial charge in [0.15, 0.2) is 9.84 Å². The zero-order chi connectivity index (χ0) is 20.7. The van der Waals surface area contributed by atoms with Gasteiger partial charge in [0.05, 0.1) is 16.1 Å². The SMILES string of the molecule is O=C(C1c2ccccc2Oc2ccccc21)N1CC[C@H](S(=O)(=O)c2ccccc2)C1. The molecule has 1 saturated heterocycles. The van der Waals surface area contributed by atoms with E-state index in [-0.39, 0.29) is 12.5 Å².